The minimum Gasteiger partial charge on any atom is -0.388 e. The van der Waals surface area contributed by atoms with Crippen LogP contribution in [0.2, 0.25) is 0 Å². The normalized spacial score (nSPS) is 16.8. The highest BCUT2D eigenvalue weighted by Gasteiger charge is 2.29. The number of hydrogen-bond acceptors (Lipinski definition) is 3. The van der Waals surface area contributed by atoms with Crippen LogP contribution in [0.5, 0.6) is 0 Å². The number of benzene rings is 1. The molecule has 1 aliphatic heterocycles. The Bertz CT molecular complexity index is 731. The second-order valence-electron chi connectivity index (χ2n) is 6.46. The third kappa shape index (κ3) is 4.95. The van der Waals surface area contributed by atoms with Crippen LogP contribution in [-0.4, -0.2) is 61.7 Å². The summed E-state index contributed by atoms with van der Waals surface area (Å²) in [5, 5.41) is 2.99. The Labute approximate surface area is 148 Å². The van der Waals surface area contributed by atoms with Gasteiger partial charge in [0.15, 0.2) is 0 Å². The molecule has 0 aromatic heterocycles. The number of piperazine rings is 1. The maximum absolute atomic E-state index is 12.8. The van der Waals surface area contributed by atoms with Crippen LogP contribution < -0.4 is 10.2 Å². The molecular weight excluding hydrogens is 347 g/mol. The number of alkyl halides is 3. The van der Waals surface area contributed by atoms with Gasteiger partial charge in [0.2, 0.25) is 0 Å². The third-order valence-corrected chi connectivity index (χ3v) is 5.91. The van der Waals surface area contributed by atoms with Crippen LogP contribution in [0.4, 0.5) is 24.5 Å². The van der Waals surface area contributed by atoms with Gasteiger partial charge < -0.3 is 10.2 Å². The van der Waals surface area contributed by atoms with Crippen molar-refractivity contribution < 1.29 is 13.2 Å². The number of anilines is 2. The van der Waals surface area contributed by atoms with Crippen LogP contribution in [0.1, 0.15) is 11.1 Å². The van der Waals surface area contributed by atoms with Crippen LogP contribution in [0, 0.1) is 0 Å². The quantitative estimate of drug-likeness (QED) is 0.792. The Morgan fingerprint density at radius 1 is 1.20 bits per heavy atom. The molecule has 2 rings (SSSR count). The molecule has 0 amide bonds. The van der Waals surface area contributed by atoms with E-state index in [1.54, 1.807) is 25.3 Å². The number of rotatable bonds is 5. The molecule has 1 aromatic carbocycles. The van der Waals surface area contributed by atoms with Gasteiger partial charge in [0.05, 0.1) is 6.42 Å². The smallest absolute Gasteiger partial charge is 0.388 e. The Kier molecular flexibility index (Phi) is 5.79. The number of hydrogen-bond donors (Lipinski definition) is 1. The Morgan fingerprint density at radius 3 is 2.24 bits per heavy atom. The van der Waals surface area contributed by atoms with Crippen molar-refractivity contribution in [3.05, 3.63) is 29.8 Å². The molecule has 0 bridgehead atoms. The summed E-state index contributed by atoms with van der Waals surface area (Å²) in [4.78, 5) is 2.12. The summed E-state index contributed by atoms with van der Waals surface area (Å²) in [7, 11) is 0.443. The zero-order valence-electron chi connectivity index (χ0n) is 14.8. The van der Waals surface area contributed by atoms with E-state index in [0.29, 0.717) is 5.69 Å². The molecule has 1 aliphatic rings. The van der Waals surface area contributed by atoms with Crippen molar-refractivity contribution in [3.8, 4) is 0 Å². The van der Waals surface area contributed by atoms with Crippen LogP contribution in [0.15, 0.2) is 18.7 Å². The molecule has 0 atom stereocenters. The van der Waals surface area contributed by atoms with E-state index in [9.17, 15) is 13.2 Å². The lowest BCUT2D eigenvalue weighted by atomic mass is 10.0. The van der Waals surface area contributed by atoms with Gasteiger partial charge >= 0.3 is 6.18 Å². The highest BCUT2D eigenvalue weighted by atomic mass is 32.2. The molecule has 7 heteroatoms. The summed E-state index contributed by atoms with van der Waals surface area (Å²) < 4.78 is 40.8. The lowest BCUT2D eigenvalue weighted by molar-refractivity contribution is -0.127. The predicted molar refractivity (Wildman–Crippen MR) is 107 cm³/mol. The average Bonchev–Trinajstić information content (AvgIpc) is 2.51. The van der Waals surface area contributed by atoms with Gasteiger partial charge in [0, 0.05) is 50.2 Å². The molecule has 1 heterocycles. The summed E-state index contributed by atoms with van der Waals surface area (Å²) in [6.45, 7) is 6.90. The molecule has 0 aliphatic carbocycles. The van der Waals surface area contributed by atoms with E-state index in [1.807, 2.05) is 6.26 Å². The van der Waals surface area contributed by atoms with E-state index in [0.717, 1.165) is 37.4 Å². The number of nitrogens with zero attached hydrogens (tertiary/aromatic N) is 2. The van der Waals surface area contributed by atoms with Gasteiger partial charge in [-0.1, -0.05) is 24.4 Å². The molecule has 0 spiro atoms. The molecule has 25 heavy (non-hydrogen) atoms. The van der Waals surface area contributed by atoms with Crippen molar-refractivity contribution in [1.82, 2.24) is 4.31 Å². The monoisotopic (exact) mass is 373 g/mol. The standard InChI is InChI=1S/C18H26F3N3S/c1-6-15-16(22-2)11-14(13-18(19,20)21)12-17(15)23-7-9-24(10-8-23)25(3,4)5/h6,11-12,22H,1,3-4,7-10,13H2,2,5H3. The van der Waals surface area contributed by atoms with Gasteiger partial charge in [-0.2, -0.15) is 22.6 Å². The second kappa shape index (κ2) is 7.33. The zero-order chi connectivity index (χ0) is 18.8. The summed E-state index contributed by atoms with van der Waals surface area (Å²) in [5.74, 6) is 8.27. The van der Waals surface area contributed by atoms with Crippen LogP contribution in [0.25, 0.3) is 6.08 Å². The third-order valence-electron chi connectivity index (χ3n) is 4.30. The lowest BCUT2D eigenvalue weighted by Crippen LogP contribution is -2.45. The largest absolute Gasteiger partial charge is 0.393 e. The maximum Gasteiger partial charge on any atom is 0.393 e. The Morgan fingerprint density at radius 2 is 1.80 bits per heavy atom. The van der Waals surface area contributed by atoms with E-state index in [2.05, 4.69) is 32.8 Å². The van der Waals surface area contributed by atoms with Crippen molar-refractivity contribution in [2.24, 2.45) is 0 Å². The van der Waals surface area contributed by atoms with E-state index in [4.69, 9.17) is 0 Å². The van der Waals surface area contributed by atoms with E-state index in [1.165, 1.54) is 0 Å². The van der Waals surface area contributed by atoms with Crippen molar-refractivity contribution in [1.29, 1.82) is 0 Å². The fourth-order valence-electron chi connectivity index (χ4n) is 3.08. The SMILES string of the molecule is C=Cc1c(NC)cc(CC(F)(F)F)cc1N1CCN(S(=C)(=C)C)CC1. The van der Waals surface area contributed by atoms with Crippen LogP contribution in [0.3, 0.4) is 0 Å². The van der Waals surface area contributed by atoms with Crippen molar-refractivity contribution in [2.75, 3.05) is 49.7 Å². The Balaban J connectivity index is 2.35. The van der Waals surface area contributed by atoms with Gasteiger partial charge in [-0.25, -0.2) is 0 Å². The first-order chi connectivity index (χ1) is 11.5. The molecule has 140 valence electrons. The van der Waals surface area contributed by atoms with E-state index >= 15 is 0 Å². The maximum atomic E-state index is 12.8. The first kappa shape index (κ1) is 19.7. The zero-order valence-corrected chi connectivity index (χ0v) is 15.6. The molecule has 0 radical (unpaired) electrons. The predicted octanol–water partition coefficient (Wildman–Crippen LogP) is 3.81. The Hall–Kier alpha value is -1.60. The minimum atomic E-state index is -4.23. The summed E-state index contributed by atoms with van der Waals surface area (Å²) in [6.07, 6.45) is -1.43. The van der Waals surface area contributed by atoms with Crippen molar-refractivity contribution in [3.63, 3.8) is 0 Å². The van der Waals surface area contributed by atoms with Gasteiger partial charge in [-0.3, -0.25) is 4.31 Å². The molecule has 1 N–H and O–H groups in total. The molecule has 1 saturated heterocycles. The topological polar surface area (TPSA) is 18.5 Å². The highest BCUT2D eigenvalue weighted by molar-refractivity contribution is 8.25. The van der Waals surface area contributed by atoms with Gasteiger partial charge in [0.25, 0.3) is 0 Å². The van der Waals surface area contributed by atoms with Crippen molar-refractivity contribution >= 4 is 38.6 Å². The highest BCUT2D eigenvalue weighted by Crippen LogP contribution is 2.34. The molecule has 0 unspecified atom stereocenters. The summed E-state index contributed by atoms with van der Waals surface area (Å²) in [5.41, 5.74) is 2.55. The second-order valence-corrected chi connectivity index (χ2v) is 9.42. The molecule has 1 aromatic rings. The lowest BCUT2D eigenvalue weighted by Gasteiger charge is -2.39. The summed E-state index contributed by atoms with van der Waals surface area (Å²) >= 11 is 0. The number of halogens is 3. The fourth-order valence-corrected chi connectivity index (χ4v) is 4.13. The minimum absolute atomic E-state index is 0.254. The average molecular weight is 373 g/mol. The fraction of sp³-hybridized carbons (Fsp3) is 0.444. The van der Waals surface area contributed by atoms with Crippen LogP contribution >= 0.6 is 9.39 Å². The van der Waals surface area contributed by atoms with Gasteiger partial charge in [-0.15, -0.1) is 0 Å². The molecule has 3 nitrogen and oxygen atoms in total. The first-order valence-corrected chi connectivity index (χ1v) is 10.4. The van der Waals surface area contributed by atoms with E-state index < -0.39 is 22.0 Å². The number of nitrogens with one attached hydrogen (secondary N) is 1. The molecular formula is C18H26F3N3S. The summed E-state index contributed by atoms with van der Waals surface area (Å²) in [6, 6.07) is 3.19. The molecule has 0 saturated carbocycles. The van der Waals surface area contributed by atoms with Gasteiger partial charge in [0.1, 0.15) is 0 Å². The van der Waals surface area contributed by atoms with E-state index in [-0.39, 0.29) is 5.56 Å². The molecule has 1 fully saturated rings. The van der Waals surface area contributed by atoms with Crippen LogP contribution in [-0.2, 0) is 6.42 Å². The first-order valence-electron chi connectivity index (χ1n) is 8.03. The van der Waals surface area contributed by atoms with Crippen molar-refractivity contribution in [2.45, 2.75) is 12.6 Å². The van der Waals surface area contributed by atoms with Gasteiger partial charge in [-0.05, 0) is 24.0 Å².